The molecular formula is C18H20N4O4. The molecule has 0 fully saturated rings. The van der Waals surface area contributed by atoms with Gasteiger partial charge in [-0.1, -0.05) is 30.3 Å². The van der Waals surface area contributed by atoms with Crippen molar-refractivity contribution in [2.75, 3.05) is 18.5 Å². The van der Waals surface area contributed by atoms with Crippen molar-refractivity contribution in [2.24, 2.45) is 5.10 Å². The Morgan fingerprint density at radius 1 is 1.04 bits per heavy atom. The van der Waals surface area contributed by atoms with Crippen molar-refractivity contribution in [1.29, 1.82) is 0 Å². The predicted molar refractivity (Wildman–Crippen MR) is 98.5 cm³/mol. The molecule has 2 aromatic rings. The van der Waals surface area contributed by atoms with Crippen molar-refractivity contribution in [3.63, 3.8) is 0 Å². The molecule has 0 saturated carbocycles. The molecule has 0 radical (unpaired) electrons. The Labute approximate surface area is 150 Å². The topological polar surface area (TPSA) is 120 Å². The van der Waals surface area contributed by atoms with Crippen LogP contribution in [0.4, 0.5) is 5.69 Å². The first-order valence-electron chi connectivity index (χ1n) is 8.00. The second-order valence-electron chi connectivity index (χ2n) is 5.55. The predicted octanol–water partition coefficient (Wildman–Crippen LogP) is 0.769. The highest BCUT2D eigenvalue weighted by Gasteiger charge is 2.12. The summed E-state index contributed by atoms with van der Waals surface area (Å²) in [6.45, 7) is 1.27. The highest BCUT2D eigenvalue weighted by Crippen LogP contribution is 2.18. The summed E-state index contributed by atoms with van der Waals surface area (Å²) in [6.07, 6.45) is -0.0363. The number of aliphatic hydroxyl groups excluding tert-OH is 1. The fourth-order valence-corrected chi connectivity index (χ4v) is 2.19. The van der Waals surface area contributed by atoms with Crippen LogP contribution in [0.2, 0.25) is 0 Å². The van der Waals surface area contributed by atoms with Crippen LogP contribution < -0.4 is 16.1 Å². The van der Waals surface area contributed by atoms with Crippen molar-refractivity contribution in [2.45, 2.75) is 13.3 Å². The van der Waals surface area contributed by atoms with Gasteiger partial charge in [0, 0.05) is 17.9 Å². The van der Waals surface area contributed by atoms with E-state index < -0.39 is 11.8 Å². The third kappa shape index (κ3) is 5.67. The van der Waals surface area contributed by atoms with Gasteiger partial charge in [0.2, 0.25) is 5.91 Å². The number of amides is 3. The number of anilines is 1. The molecule has 2 rings (SSSR count). The molecule has 0 unspecified atom stereocenters. The number of fused-ring (bicyclic) bond motifs is 1. The Morgan fingerprint density at radius 2 is 1.77 bits per heavy atom. The largest absolute Gasteiger partial charge is 0.395 e. The lowest BCUT2D eigenvalue weighted by molar-refractivity contribution is -0.139. The van der Waals surface area contributed by atoms with E-state index in [1.165, 1.54) is 0 Å². The second kappa shape index (κ2) is 9.28. The third-order valence-corrected chi connectivity index (χ3v) is 3.40. The van der Waals surface area contributed by atoms with Gasteiger partial charge in [-0.15, -0.1) is 0 Å². The third-order valence-electron chi connectivity index (χ3n) is 3.40. The van der Waals surface area contributed by atoms with Crippen LogP contribution in [0, 0.1) is 0 Å². The number of hydrogen-bond acceptors (Lipinski definition) is 5. The molecule has 0 aliphatic carbocycles. The lowest BCUT2D eigenvalue weighted by Crippen LogP contribution is -2.39. The van der Waals surface area contributed by atoms with Gasteiger partial charge in [-0.2, -0.15) is 5.10 Å². The number of carbonyl (C=O) groups is 3. The number of carbonyl (C=O) groups excluding carboxylic acids is 3. The van der Waals surface area contributed by atoms with Crippen LogP contribution in [0.5, 0.6) is 0 Å². The van der Waals surface area contributed by atoms with E-state index in [1.54, 1.807) is 13.0 Å². The van der Waals surface area contributed by atoms with E-state index in [4.69, 9.17) is 5.11 Å². The van der Waals surface area contributed by atoms with Crippen LogP contribution in [0.1, 0.15) is 13.3 Å². The van der Waals surface area contributed by atoms with E-state index in [0.717, 1.165) is 10.8 Å². The summed E-state index contributed by atoms with van der Waals surface area (Å²) in [5, 5.41) is 19.3. The summed E-state index contributed by atoms with van der Waals surface area (Å²) in [5.74, 6) is -2.16. The molecule has 2 aromatic carbocycles. The maximum absolute atomic E-state index is 12.1. The molecule has 0 spiro atoms. The van der Waals surface area contributed by atoms with Crippen molar-refractivity contribution in [3.8, 4) is 0 Å². The fourth-order valence-electron chi connectivity index (χ4n) is 2.19. The van der Waals surface area contributed by atoms with Gasteiger partial charge in [-0.25, -0.2) is 5.43 Å². The van der Waals surface area contributed by atoms with Crippen LogP contribution >= 0.6 is 0 Å². The van der Waals surface area contributed by atoms with E-state index in [-0.39, 0.29) is 25.5 Å². The normalized spacial score (nSPS) is 11.1. The quantitative estimate of drug-likeness (QED) is 0.347. The zero-order valence-corrected chi connectivity index (χ0v) is 14.3. The fraction of sp³-hybridized carbons (Fsp3) is 0.222. The van der Waals surface area contributed by atoms with E-state index in [1.807, 2.05) is 36.4 Å². The van der Waals surface area contributed by atoms with Gasteiger partial charge in [-0.3, -0.25) is 14.4 Å². The molecule has 0 saturated heterocycles. The highest BCUT2D eigenvalue weighted by molar-refractivity contribution is 6.35. The SMILES string of the molecule is CC(CC(=O)Nc1ccc2ccccc2c1)=NNC(=O)C(=O)NCCO. The molecule has 0 bridgehead atoms. The average molecular weight is 356 g/mol. The lowest BCUT2D eigenvalue weighted by atomic mass is 10.1. The van der Waals surface area contributed by atoms with E-state index in [2.05, 4.69) is 21.2 Å². The molecule has 8 nitrogen and oxygen atoms in total. The Bertz CT molecular complexity index is 848. The summed E-state index contributed by atoms with van der Waals surface area (Å²) in [7, 11) is 0. The zero-order valence-electron chi connectivity index (χ0n) is 14.3. The summed E-state index contributed by atoms with van der Waals surface area (Å²) >= 11 is 0. The summed E-state index contributed by atoms with van der Waals surface area (Å²) in [4.78, 5) is 34.8. The van der Waals surface area contributed by atoms with Crippen LogP contribution in [0.3, 0.4) is 0 Å². The Balaban J connectivity index is 1.87. The van der Waals surface area contributed by atoms with Gasteiger partial charge >= 0.3 is 11.8 Å². The standard InChI is InChI=1S/C18H20N4O4/c1-12(21-22-18(26)17(25)19-8-9-23)10-16(24)20-15-7-6-13-4-2-3-5-14(13)11-15/h2-7,11,23H,8-10H2,1H3,(H,19,25)(H,20,24)(H,22,26). The monoisotopic (exact) mass is 356 g/mol. The summed E-state index contributed by atoms with van der Waals surface area (Å²) in [5.41, 5.74) is 3.06. The molecule has 4 N–H and O–H groups in total. The zero-order chi connectivity index (χ0) is 18.9. The van der Waals surface area contributed by atoms with E-state index in [9.17, 15) is 14.4 Å². The molecule has 8 heteroatoms. The molecule has 136 valence electrons. The molecule has 0 aromatic heterocycles. The van der Waals surface area contributed by atoms with Gasteiger partial charge < -0.3 is 15.7 Å². The number of nitrogens with one attached hydrogen (secondary N) is 3. The van der Waals surface area contributed by atoms with E-state index >= 15 is 0 Å². The average Bonchev–Trinajstić information content (AvgIpc) is 2.63. The maximum Gasteiger partial charge on any atom is 0.329 e. The second-order valence-corrected chi connectivity index (χ2v) is 5.55. The first kappa shape index (κ1) is 19.1. The van der Waals surface area contributed by atoms with Crippen molar-refractivity contribution >= 4 is 39.9 Å². The molecule has 0 aliphatic rings. The number of benzene rings is 2. The molecule has 3 amide bonds. The van der Waals surface area contributed by atoms with Gasteiger partial charge in [0.25, 0.3) is 0 Å². The smallest absolute Gasteiger partial charge is 0.329 e. The number of hydrogen-bond donors (Lipinski definition) is 4. The Hall–Kier alpha value is -3.26. The van der Waals surface area contributed by atoms with Crippen LogP contribution in [-0.2, 0) is 14.4 Å². The number of hydrazone groups is 1. The van der Waals surface area contributed by atoms with Crippen LogP contribution in [0.15, 0.2) is 47.6 Å². The number of aliphatic hydroxyl groups is 1. The molecule has 26 heavy (non-hydrogen) atoms. The van der Waals surface area contributed by atoms with Gasteiger partial charge in [0.15, 0.2) is 0 Å². The minimum Gasteiger partial charge on any atom is -0.395 e. The first-order valence-corrected chi connectivity index (χ1v) is 8.00. The molecule has 0 heterocycles. The minimum atomic E-state index is -0.965. The first-order chi connectivity index (χ1) is 12.5. The molecule has 0 atom stereocenters. The van der Waals surface area contributed by atoms with Crippen molar-refractivity contribution < 1.29 is 19.5 Å². The van der Waals surface area contributed by atoms with Crippen molar-refractivity contribution in [1.82, 2.24) is 10.7 Å². The van der Waals surface area contributed by atoms with Gasteiger partial charge in [0.1, 0.15) is 0 Å². The Morgan fingerprint density at radius 3 is 2.50 bits per heavy atom. The Kier molecular flexibility index (Phi) is 6.81. The van der Waals surface area contributed by atoms with Gasteiger partial charge in [-0.05, 0) is 29.8 Å². The van der Waals surface area contributed by atoms with Crippen LogP contribution in [-0.4, -0.2) is 41.7 Å². The van der Waals surface area contributed by atoms with Crippen LogP contribution in [0.25, 0.3) is 10.8 Å². The highest BCUT2D eigenvalue weighted by atomic mass is 16.3. The maximum atomic E-state index is 12.1. The number of nitrogens with zero attached hydrogens (tertiary/aromatic N) is 1. The molecule has 0 aliphatic heterocycles. The summed E-state index contributed by atoms with van der Waals surface area (Å²) in [6, 6.07) is 13.4. The minimum absolute atomic E-state index is 0.0247. The van der Waals surface area contributed by atoms with E-state index in [0.29, 0.717) is 11.4 Å². The summed E-state index contributed by atoms with van der Waals surface area (Å²) < 4.78 is 0. The van der Waals surface area contributed by atoms with Gasteiger partial charge in [0.05, 0.1) is 13.0 Å². The number of rotatable bonds is 6. The molecular weight excluding hydrogens is 336 g/mol. The lowest BCUT2D eigenvalue weighted by Gasteiger charge is -2.07. The van der Waals surface area contributed by atoms with Crippen molar-refractivity contribution in [3.05, 3.63) is 42.5 Å².